The van der Waals surface area contributed by atoms with E-state index in [-0.39, 0.29) is 5.60 Å². The molecular formula is C19H28N5OS+. The number of ether oxygens (including phenoxy) is 1. The normalized spacial score (nSPS) is 16.4. The third-order valence-corrected chi connectivity index (χ3v) is 6.15. The number of nitrogens with two attached hydrogens (primary N) is 1. The minimum atomic E-state index is -0.136. The van der Waals surface area contributed by atoms with E-state index in [2.05, 4.69) is 36.2 Å². The fourth-order valence-electron chi connectivity index (χ4n) is 3.62. The molecule has 4 rings (SSSR count). The Hall–Kier alpha value is -1.57. The van der Waals surface area contributed by atoms with Gasteiger partial charge in [-0.25, -0.2) is 14.5 Å². The van der Waals surface area contributed by atoms with Crippen LogP contribution >= 0.6 is 11.3 Å². The van der Waals surface area contributed by atoms with E-state index in [1.165, 1.54) is 41.5 Å². The van der Waals surface area contributed by atoms with E-state index >= 15 is 0 Å². The number of fused-ring (bicyclic) bond motifs is 5. The SMILES string of the molecule is CCCCCC[NH2+]Cc1nc2c3c4c(sc3ncn2n1)COC(C)(C)C4. The van der Waals surface area contributed by atoms with Crippen LogP contribution in [-0.4, -0.2) is 31.7 Å². The van der Waals surface area contributed by atoms with Crippen molar-refractivity contribution in [3.8, 4) is 0 Å². The number of rotatable bonds is 7. The second-order valence-electron chi connectivity index (χ2n) is 7.79. The van der Waals surface area contributed by atoms with E-state index in [0.29, 0.717) is 6.61 Å². The molecule has 0 atom stereocenters. The van der Waals surface area contributed by atoms with Crippen LogP contribution in [0.5, 0.6) is 0 Å². The smallest absolute Gasteiger partial charge is 0.206 e. The third kappa shape index (κ3) is 3.48. The van der Waals surface area contributed by atoms with Crippen LogP contribution in [0.2, 0.25) is 0 Å². The summed E-state index contributed by atoms with van der Waals surface area (Å²) in [4.78, 5) is 11.8. The second-order valence-corrected chi connectivity index (χ2v) is 8.88. The Morgan fingerprint density at radius 3 is 3.04 bits per heavy atom. The lowest BCUT2D eigenvalue weighted by molar-refractivity contribution is -0.671. The van der Waals surface area contributed by atoms with E-state index < -0.39 is 0 Å². The average molecular weight is 375 g/mol. The topological polar surface area (TPSA) is 68.9 Å². The fraction of sp³-hybridized carbons (Fsp3) is 0.632. The van der Waals surface area contributed by atoms with Crippen LogP contribution in [0.25, 0.3) is 15.9 Å². The van der Waals surface area contributed by atoms with Gasteiger partial charge in [-0.15, -0.1) is 16.4 Å². The number of nitrogens with zero attached hydrogens (tertiary/aromatic N) is 4. The monoisotopic (exact) mass is 374 g/mol. The van der Waals surface area contributed by atoms with Gasteiger partial charge in [0.15, 0.2) is 5.65 Å². The summed E-state index contributed by atoms with van der Waals surface area (Å²) in [6, 6.07) is 0. The molecule has 0 bridgehead atoms. The summed E-state index contributed by atoms with van der Waals surface area (Å²) >= 11 is 1.73. The van der Waals surface area contributed by atoms with Crippen LogP contribution in [0.15, 0.2) is 6.33 Å². The molecule has 0 amide bonds. The maximum Gasteiger partial charge on any atom is 0.206 e. The van der Waals surface area contributed by atoms with Gasteiger partial charge in [0.2, 0.25) is 5.82 Å². The summed E-state index contributed by atoms with van der Waals surface area (Å²) < 4.78 is 7.81. The zero-order chi connectivity index (χ0) is 18.1. The third-order valence-electron chi connectivity index (χ3n) is 5.04. The zero-order valence-corrected chi connectivity index (χ0v) is 16.7. The van der Waals surface area contributed by atoms with Crippen molar-refractivity contribution in [3.05, 3.63) is 22.6 Å². The number of hydrogen-bond donors (Lipinski definition) is 1. The molecule has 0 radical (unpaired) electrons. The Morgan fingerprint density at radius 1 is 1.31 bits per heavy atom. The lowest BCUT2D eigenvalue weighted by atomic mass is 9.94. The van der Waals surface area contributed by atoms with E-state index in [1.807, 2.05) is 4.52 Å². The molecule has 26 heavy (non-hydrogen) atoms. The van der Waals surface area contributed by atoms with Crippen LogP contribution in [0.4, 0.5) is 0 Å². The van der Waals surface area contributed by atoms with E-state index in [9.17, 15) is 0 Å². The number of thiophene rings is 1. The van der Waals surface area contributed by atoms with Gasteiger partial charge in [-0.1, -0.05) is 19.8 Å². The predicted molar refractivity (Wildman–Crippen MR) is 103 cm³/mol. The number of hydrogen-bond acceptors (Lipinski definition) is 5. The zero-order valence-electron chi connectivity index (χ0n) is 15.9. The number of aromatic nitrogens is 4. The van der Waals surface area contributed by atoms with E-state index in [0.717, 1.165) is 35.8 Å². The molecule has 140 valence electrons. The maximum atomic E-state index is 5.97. The average Bonchev–Trinajstić information content (AvgIpc) is 3.17. The minimum absolute atomic E-state index is 0.136. The Balaban J connectivity index is 1.58. The standard InChI is InChI=1S/C19H27N5OS/c1-4-5-6-7-8-20-10-15-22-17-16-13-9-19(2,3)25-11-14(13)26-18(16)21-12-24(17)23-15/h12,20H,4-11H2,1-3H3/p+1. The molecule has 2 N–H and O–H groups in total. The lowest BCUT2D eigenvalue weighted by Crippen LogP contribution is -2.82. The van der Waals surface area contributed by atoms with Gasteiger partial charge in [0.05, 0.1) is 24.1 Å². The molecule has 0 fully saturated rings. The highest BCUT2D eigenvalue weighted by Crippen LogP contribution is 2.39. The first-order valence-electron chi connectivity index (χ1n) is 9.67. The molecule has 1 aliphatic rings. The number of quaternary nitrogens is 1. The van der Waals surface area contributed by atoms with Gasteiger partial charge in [-0.2, -0.15) is 0 Å². The molecule has 0 saturated heterocycles. The molecule has 0 unspecified atom stereocenters. The molecule has 3 aromatic rings. The van der Waals surface area contributed by atoms with Gasteiger partial charge in [0.25, 0.3) is 0 Å². The lowest BCUT2D eigenvalue weighted by Gasteiger charge is -2.30. The molecule has 0 aromatic carbocycles. The van der Waals surface area contributed by atoms with Crippen molar-refractivity contribution in [3.63, 3.8) is 0 Å². The van der Waals surface area contributed by atoms with Gasteiger partial charge in [0, 0.05) is 11.3 Å². The first-order valence-corrected chi connectivity index (χ1v) is 10.5. The molecule has 6 nitrogen and oxygen atoms in total. The molecule has 7 heteroatoms. The van der Waals surface area contributed by atoms with Crippen molar-refractivity contribution in [2.24, 2.45) is 0 Å². The van der Waals surface area contributed by atoms with Crippen molar-refractivity contribution in [1.82, 2.24) is 19.6 Å². The molecule has 1 aliphatic heterocycles. The second kappa shape index (κ2) is 7.21. The Bertz CT molecular complexity index is 914. The Morgan fingerprint density at radius 2 is 2.19 bits per heavy atom. The minimum Gasteiger partial charge on any atom is -0.370 e. The summed E-state index contributed by atoms with van der Waals surface area (Å²) in [6.45, 7) is 9.18. The quantitative estimate of drug-likeness (QED) is 0.646. The predicted octanol–water partition coefficient (Wildman–Crippen LogP) is 2.83. The van der Waals surface area contributed by atoms with Crippen LogP contribution in [0, 0.1) is 0 Å². The van der Waals surface area contributed by atoms with Crippen LogP contribution in [-0.2, 0) is 24.3 Å². The highest BCUT2D eigenvalue weighted by molar-refractivity contribution is 7.19. The van der Waals surface area contributed by atoms with Gasteiger partial charge in [0.1, 0.15) is 17.7 Å². The first kappa shape index (κ1) is 17.8. The van der Waals surface area contributed by atoms with Crippen LogP contribution < -0.4 is 5.32 Å². The highest BCUT2D eigenvalue weighted by atomic mass is 32.1. The summed E-state index contributed by atoms with van der Waals surface area (Å²) in [5, 5.41) is 8.13. The Labute approximate surface area is 158 Å². The molecular weight excluding hydrogens is 346 g/mol. The largest absolute Gasteiger partial charge is 0.370 e. The van der Waals surface area contributed by atoms with Gasteiger partial charge in [-0.3, -0.25) is 0 Å². The van der Waals surface area contributed by atoms with Crippen molar-refractivity contribution in [2.75, 3.05) is 6.54 Å². The molecule has 0 saturated carbocycles. The highest BCUT2D eigenvalue weighted by Gasteiger charge is 2.30. The summed E-state index contributed by atoms with van der Waals surface area (Å²) in [6.07, 6.45) is 7.88. The molecule has 0 aliphatic carbocycles. The first-order chi connectivity index (χ1) is 12.6. The summed E-state index contributed by atoms with van der Waals surface area (Å²) in [7, 11) is 0. The van der Waals surface area contributed by atoms with Crippen LogP contribution in [0.3, 0.4) is 0 Å². The van der Waals surface area contributed by atoms with Crippen molar-refractivity contribution in [2.45, 2.75) is 71.6 Å². The van der Waals surface area contributed by atoms with Crippen molar-refractivity contribution < 1.29 is 10.1 Å². The fourth-order valence-corrected chi connectivity index (χ4v) is 4.68. The summed E-state index contributed by atoms with van der Waals surface area (Å²) in [5.41, 5.74) is 2.16. The van der Waals surface area contributed by atoms with Crippen molar-refractivity contribution >= 4 is 27.2 Å². The summed E-state index contributed by atoms with van der Waals surface area (Å²) in [5.74, 6) is 0.890. The van der Waals surface area contributed by atoms with Crippen molar-refractivity contribution in [1.29, 1.82) is 0 Å². The van der Waals surface area contributed by atoms with Gasteiger partial charge < -0.3 is 10.1 Å². The number of unbranched alkanes of at least 4 members (excludes halogenated alkanes) is 3. The Kier molecular flexibility index (Phi) is 4.94. The maximum absolute atomic E-state index is 5.97. The molecule has 0 spiro atoms. The molecule has 3 aromatic heterocycles. The van der Waals surface area contributed by atoms with Gasteiger partial charge >= 0.3 is 0 Å². The van der Waals surface area contributed by atoms with E-state index in [4.69, 9.17) is 9.72 Å². The van der Waals surface area contributed by atoms with Gasteiger partial charge in [-0.05, 0) is 32.3 Å². The molecule has 4 heterocycles. The van der Waals surface area contributed by atoms with E-state index in [1.54, 1.807) is 17.7 Å². The van der Waals surface area contributed by atoms with Crippen LogP contribution in [0.1, 0.15) is 62.7 Å².